The van der Waals surface area contributed by atoms with Crippen LogP contribution in [0.5, 0.6) is 0 Å². The minimum Gasteiger partial charge on any atom is -0.282 e. The zero-order valence-corrected chi connectivity index (χ0v) is 7.17. The summed E-state index contributed by atoms with van der Waals surface area (Å²) in [6.07, 6.45) is 0. The molecule has 0 atom stereocenters. The van der Waals surface area contributed by atoms with Crippen LogP contribution in [-0.2, 0) is 0 Å². The van der Waals surface area contributed by atoms with Crippen LogP contribution in [-0.4, -0.2) is 21.8 Å². The van der Waals surface area contributed by atoms with Gasteiger partial charge in [-0.3, -0.25) is 22.3 Å². The first-order chi connectivity index (χ1) is 4.63. The van der Waals surface area contributed by atoms with Crippen LogP contribution in [0.4, 0.5) is 0 Å². The molecule has 0 radical (unpaired) electrons. The molecular weight excluding hydrogens is 168 g/mol. The number of nitrogens with two attached hydrogens (primary N) is 4. The van der Waals surface area contributed by atoms with E-state index in [0.29, 0.717) is 10.3 Å². The fourth-order valence-electron chi connectivity index (χ4n) is 0.319. The van der Waals surface area contributed by atoms with E-state index in [1.807, 2.05) is 0 Å². The van der Waals surface area contributed by atoms with Crippen LogP contribution in [0.25, 0.3) is 0 Å². The Morgan fingerprint density at radius 2 is 1.30 bits per heavy atom. The van der Waals surface area contributed by atoms with Crippen LogP contribution < -0.4 is 22.3 Å². The van der Waals surface area contributed by atoms with Gasteiger partial charge in [-0.25, -0.2) is 0 Å². The highest BCUT2D eigenvalue weighted by atomic mass is 32.2. The maximum absolute atomic E-state index is 5.19. The molecule has 0 amide bonds. The number of thioether (sulfide) groups is 2. The zero-order valence-electron chi connectivity index (χ0n) is 5.54. The molecule has 0 unspecified atom stereocenters. The molecule has 0 aliphatic carbocycles. The Hall–Kier alpha value is -0.360. The van der Waals surface area contributed by atoms with Crippen molar-refractivity contribution in [3.63, 3.8) is 0 Å². The standard InChI is InChI=1S/C4H10N4S2/c5-3(6)9-1-2-10-4(7)8/h1-2H2,(H3,5,6)(H3,7,8)/p+2. The van der Waals surface area contributed by atoms with Gasteiger partial charge in [0.15, 0.2) is 0 Å². The van der Waals surface area contributed by atoms with Gasteiger partial charge in [0.2, 0.25) is 0 Å². The predicted molar refractivity (Wildman–Crippen MR) is 47.2 cm³/mol. The van der Waals surface area contributed by atoms with Crippen molar-refractivity contribution in [2.24, 2.45) is 11.5 Å². The fraction of sp³-hybridized carbons (Fsp3) is 0.500. The number of rotatable bonds is 3. The van der Waals surface area contributed by atoms with E-state index in [9.17, 15) is 0 Å². The molecule has 0 aliphatic heterocycles. The van der Waals surface area contributed by atoms with E-state index in [0.717, 1.165) is 11.5 Å². The van der Waals surface area contributed by atoms with E-state index in [4.69, 9.17) is 22.3 Å². The SMILES string of the molecule is NC(=[NH2+])SCCSC(N)=[NH2+]. The fourth-order valence-corrected chi connectivity index (χ4v) is 1.46. The van der Waals surface area contributed by atoms with Crippen molar-refractivity contribution < 1.29 is 10.8 Å². The van der Waals surface area contributed by atoms with E-state index < -0.39 is 0 Å². The normalized spacial score (nSPS) is 9.20. The summed E-state index contributed by atoms with van der Waals surface area (Å²) in [7, 11) is 0. The van der Waals surface area contributed by atoms with Gasteiger partial charge in [-0.05, 0) is 23.5 Å². The van der Waals surface area contributed by atoms with Crippen LogP contribution in [0.2, 0.25) is 0 Å². The van der Waals surface area contributed by atoms with Crippen molar-refractivity contribution in [2.75, 3.05) is 11.5 Å². The molecule has 0 bridgehead atoms. The molecule has 0 rings (SSSR count). The average molecular weight is 180 g/mol. The summed E-state index contributed by atoms with van der Waals surface area (Å²) in [5.41, 5.74) is 10.4. The van der Waals surface area contributed by atoms with E-state index in [1.54, 1.807) is 0 Å². The smallest absolute Gasteiger partial charge is 0.282 e. The summed E-state index contributed by atoms with van der Waals surface area (Å²) >= 11 is 2.80. The Morgan fingerprint density at radius 1 is 1.00 bits per heavy atom. The van der Waals surface area contributed by atoms with Gasteiger partial charge in [0.05, 0.1) is 0 Å². The Balaban J connectivity index is 3.06. The molecule has 0 fully saturated rings. The molecule has 0 aliphatic rings. The van der Waals surface area contributed by atoms with Gasteiger partial charge in [0, 0.05) is 11.5 Å². The Bertz CT molecular complexity index is 119. The first-order valence-corrected chi connectivity index (χ1v) is 4.61. The van der Waals surface area contributed by atoms with Gasteiger partial charge >= 0.3 is 0 Å². The summed E-state index contributed by atoms with van der Waals surface area (Å²) in [6.45, 7) is 0. The van der Waals surface area contributed by atoms with E-state index >= 15 is 0 Å². The molecule has 10 heavy (non-hydrogen) atoms. The summed E-state index contributed by atoms with van der Waals surface area (Å²) < 4.78 is 0. The van der Waals surface area contributed by atoms with Crippen LogP contribution in [0.3, 0.4) is 0 Å². The van der Waals surface area contributed by atoms with Crippen LogP contribution in [0.1, 0.15) is 0 Å². The molecule has 0 aromatic rings. The summed E-state index contributed by atoms with van der Waals surface area (Å²) in [4.78, 5) is 0. The lowest BCUT2D eigenvalue weighted by Gasteiger charge is -1.90. The van der Waals surface area contributed by atoms with Gasteiger partial charge in [-0.15, -0.1) is 0 Å². The summed E-state index contributed by atoms with van der Waals surface area (Å²) in [5.74, 6) is 1.68. The highest BCUT2D eigenvalue weighted by Gasteiger charge is 1.99. The molecule has 0 aromatic heterocycles. The van der Waals surface area contributed by atoms with E-state index in [-0.39, 0.29) is 0 Å². The number of hydrogen-bond acceptors (Lipinski definition) is 2. The Kier molecular flexibility index (Phi) is 5.23. The topological polar surface area (TPSA) is 103 Å². The van der Waals surface area contributed by atoms with Gasteiger partial charge in [0.1, 0.15) is 0 Å². The second-order valence-electron chi connectivity index (χ2n) is 1.50. The maximum atomic E-state index is 5.19. The minimum absolute atomic E-state index is 0.385. The quantitative estimate of drug-likeness (QED) is 0.206. The Labute approximate surface area is 68.1 Å². The molecule has 4 nitrogen and oxygen atoms in total. The van der Waals surface area contributed by atoms with Crippen molar-refractivity contribution in [2.45, 2.75) is 0 Å². The Morgan fingerprint density at radius 3 is 1.50 bits per heavy atom. The first-order valence-electron chi connectivity index (χ1n) is 2.64. The molecule has 0 aromatic carbocycles. The number of hydrogen-bond donors (Lipinski definition) is 4. The summed E-state index contributed by atoms with van der Waals surface area (Å²) in [6, 6.07) is 0. The van der Waals surface area contributed by atoms with Crippen molar-refractivity contribution in [1.82, 2.24) is 0 Å². The molecule has 0 heterocycles. The van der Waals surface area contributed by atoms with Crippen LogP contribution in [0.15, 0.2) is 0 Å². The number of amidine groups is 2. The maximum Gasteiger partial charge on any atom is 0.299 e. The van der Waals surface area contributed by atoms with Crippen molar-refractivity contribution >= 4 is 33.9 Å². The zero-order chi connectivity index (χ0) is 7.98. The lowest BCUT2D eigenvalue weighted by molar-refractivity contribution is -0.110. The molecule has 8 N–H and O–H groups in total. The van der Waals surface area contributed by atoms with Gasteiger partial charge in [0.25, 0.3) is 10.3 Å². The third-order valence-electron chi connectivity index (χ3n) is 0.621. The largest absolute Gasteiger partial charge is 0.299 e. The lowest BCUT2D eigenvalue weighted by Crippen LogP contribution is -2.44. The lowest BCUT2D eigenvalue weighted by atomic mass is 11.0. The highest BCUT2D eigenvalue weighted by Crippen LogP contribution is 2.02. The third kappa shape index (κ3) is 7.64. The third-order valence-corrected chi connectivity index (χ3v) is 2.36. The second kappa shape index (κ2) is 5.43. The van der Waals surface area contributed by atoms with Crippen LogP contribution >= 0.6 is 23.5 Å². The average Bonchev–Trinajstić information content (AvgIpc) is 1.79. The molecule has 58 valence electrons. The molecule has 0 saturated carbocycles. The minimum atomic E-state index is 0.385. The first kappa shape index (κ1) is 9.64. The van der Waals surface area contributed by atoms with Crippen molar-refractivity contribution in [3.8, 4) is 0 Å². The molecule has 6 heteroatoms. The molecule has 0 spiro atoms. The van der Waals surface area contributed by atoms with Crippen molar-refractivity contribution in [1.29, 1.82) is 0 Å². The summed E-state index contributed by atoms with van der Waals surface area (Å²) in [5, 5.41) is 11.1. The second-order valence-corrected chi connectivity index (χ2v) is 3.84. The predicted octanol–water partition coefficient (Wildman–Crippen LogP) is -3.40. The van der Waals surface area contributed by atoms with Crippen LogP contribution in [0, 0.1) is 0 Å². The van der Waals surface area contributed by atoms with Gasteiger partial charge < -0.3 is 0 Å². The molecular formula is C4H12N4S2+2. The van der Waals surface area contributed by atoms with Crippen molar-refractivity contribution in [3.05, 3.63) is 0 Å². The van der Waals surface area contributed by atoms with E-state index in [1.165, 1.54) is 23.5 Å². The highest BCUT2D eigenvalue weighted by molar-refractivity contribution is 8.16. The molecule has 0 saturated heterocycles. The van der Waals surface area contributed by atoms with Gasteiger partial charge in [-0.1, -0.05) is 0 Å². The monoisotopic (exact) mass is 180 g/mol. The van der Waals surface area contributed by atoms with E-state index in [2.05, 4.69) is 0 Å². The van der Waals surface area contributed by atoms with Gasteiger partial charge in [-0.2, -0.15) is 0 Å².